The van der Waals surface area contributed by atoms with E-state index < -0.39 is 41.4 Å². The zero-order chi connectivity index (χ0) is 34.5. The summed E-state index contributed by atoms with van der Waals surface area (Å²) in [5, 5.41) is 11.3. The number of carbonyl (C=O) groups is 5. The minimum Gasteiger partial charge on any atom is -0.379 e. The maximum Gasteiger partial charge on any atom is 0.243 e. The lowest BCUT2D eigenvalue weighted by Gasteiger charge is -2.28. The van der Waals surface area contributed by atoms with Crippen molar-refractivity contribution >= 4 is 29.4 Å². The van der Waals surface area contributed by atoms with Gasteiger partial charge >= 0.3 is 0 Å². The van der Waals surface area contributed by atoms with Crippen molar-refractivity contribution in [1.29, 1.82) is 0 Å². The number of rotatable bonds is 18. The summed E-state index contributed by atoms with van der Waals surface area (Å²) in [7, 11) is 0. The fourth-order valence-electron chi connectivity index (χ4n) is 5.48. The van der Waals surface area contributed by atoms with Crippen LogP contribution in [0, 0.1) is 5.92 Å². The van der Waals surface area contributed by atoms with Crippen molar-refractivity contribution in [2.24, 2.45) is 5.92 Å². The highest BCUT2D eigenvalue weighted by Crippen LogP contribution is 2.26. The van der Waals surface area contributed by atoms with E-state index in [9.17, 15) is 24.0 Å². The van der Waals surface area contributed by atoms with Gasteiger partial charge < -0.3 is 30.7 Å². The molecule has 4 rings (SSSR count). The van der Waals surface area contributed by atoms with E-state index in [4.69, 9.17) is 9.47 Å². The highest BCUT2D eigenvalue weighted by atomic mass is 16.6. The number of morpholine rings is 1. The Morgan fingerprint density at radius 2 is 1.38 bits per heavy atom. The quantitative estimate of drug-likeness (QED) is 0.173. The van der Waals surface area contributed by atoms with E-state index in [1.807, 2.05) is 79.4 Å². The Balaban J connectivity index is 1.46. The molecule has 0 aromatic heterocycles. The highest BCUT2D eigenvalue weighted by molar-refractivity contribution is 5.97. The first-order valence-electron chi connectivity index (χ1n) is 16.8. The Labute approximate surface area is 282 Å². The fraction of sp³-hybridized carbons (Fsp3) is 0.528. The molecule has 260 valence electrons. The first-order valence-corrected chi connectivity index (χ1v) is 16.8. The monoisotopic (exact) mass is 663 g/mol. The molecule has 2 aromatic carbocycles. The summed E-state index contributed by atoms with van der Waals surface area (Å²) in [4.78, 5) is 68.5. The lowest BCUT2D eigenvalue weighted by atomic mass is 9.99. The van der Waals surface area contributed by atoms with Gasteiger partial charge in [0.1, 0.15) is 23.7 Å². The van der Waals surface area contributed by atoms with Gasteiger partial charge in [0.05, 0.1) is 32.9 Å². The van der Waals surface area contributed by atoms with Crippen molar-refractivity contribution in [1.82, 2.24) is 26.2 Å². The van der Waals surface area contributed by atoms with Gasteiger partial charge in [0.2, 0.25) is 23.6 Å². The van der Waals surface area contributed by atoms with E-state index in [1.165, 1.54) is 0 Å². The predicted molar refractivity (Wildman–Crippen MR) is 180 cm³/mol. The molecule has 4 N–H and O–H groups in total. The van der Waals surface area contributed by atoms with Gasteiger partial charge in [-0.25, -0.2) is 0 Å². The molecule has 0 saturated carbocycles. The number of epoxide rings is 1. The lowest BCUT2D eigenvalue weighted by Crippen LogP contribution is -2.58. The molecule has 12 nitrogen and oxygen atoms in total. The fourth-order valence-corrected chi connectivity index (χ4v) is 5.48. The van der Waals surface area contributed by atoms with E-state index in [0.29, 0.717) is 52.2 Å². The second-order valence-electron chi connectivity index (χ2n) is 13.1. The second-order valence-corrected chi connectivity index (χ2v) is 13.1. The van der Waals surface area contributed by atoms with Crippen LogP contribution in [0.5, 0.6) is 0 Å². The van der Waals surface area contributed by atoms with Crippen LogP contribution in [-0.4, -0.2) is 104 Å². The van der Waals surface area contributed by atoms with Crippen molar-refractivity contribution in [2.75, 3.05) is 46.0 Å². The number of aryl methyl sites for hydroxylation is 1. The Kier molecular flexibility index (Phi) is 13.7. The van der Waals surface area contributed by atoms with Crippen LogP contribution in [0.4, 0.5) is 0 Å². The number of ether oxygens (including phenoxy) is 2. The van der Waals surface area contributed by atoms with Gasteiger partial charge in [-0.1, -0.05) is 74.5 Å². The summed E-state index contributed by atoms with van der Waals surface area (Å²) in [6, 6.07) is 16.0. The normalized spacial score (nSPS) is 19.4. The van der Waals surface area contributed by atoms with Gasteiger partial charge in [-0.15, -0.1) is 0 Å². The largest absolute Gasteiger partial charge is 0.379 e. The Hall–Kier alpha value is -4.13. The van der Waals surface area contributed by atoms with Crippen molar-refractivity contribution in [3.63, 3.8) is 0 Å². The van der Waals surface area contributed by atoms with E-state index >= 15 is 0 Å². The molecule has 4 amide bonds. The minimum absolute atomic E-state index is 0.0260. The number of hydrogen-bond donors (Lipinski definition) is 4. The van der Waals surface area contributed by atoms with Crippen LogP contribution in [0.15, 0.2) is 60.7 Å². The Bertz CT molecular complexity index is 1380. The predicted octanol–water partition coefficient (Wildman–Crippen LogP) is 1.17. The van der Waals surface area contributed by atoms with Crippen LogP contribution in [0.3, 0.4) is 0 Å². The SMILES string of the molecule is CC(C)C[C@H](NC(=O)[C@H](CCc1ccccc1)NC(=O)CN1CCOCC1)C(=O)N[C@@H](Cc1ccccc1)C(=O)NCC(=O)[C@@]1(C)CO1. The maximum atomic E-state index is 13.8. The molecule has 2 fully saturated rings. The van der Waals surface area contributed by atoms with Crippen LogP contribution in [0.2, 0.25) is 0 Å². The van der Waals surface area contributed by atoms with Gasteiger partial charge in [-0.2, -0.15) is 0 Å². The van der Waals surface area contributed by atoms with Crippen molar-refractivity contribution in [2.45, 2.75) is 70.2 Å². The lowest BCUT2D eigenvalue weighted by molar-refractivity contribution is -0.134. The molecule has 0 radical (unpaired) electrons. The number of amides is 4. The van der Waals surface area contributed by atoms with E-state index in [-0.39, 0.29) is 37.1 Å². The number of nitrogens with zero attached hydrogens (tertiary/aromatic N) is 1. The molecule has 2 aromatic rings. The maximum absolute atomic E-state index is 13.8. The Morgan fingerprint density at radius 1 is 0.792 bits per heavy atom. The molecular formula is C36H49N5O7. The third kappa shape index (κ3) is 11.8. The van der Waals surface area contributed by atoms with Crippen molar-refractivity contribution in [3.8, 4) is 0 Å². The molecule has 2 aliphatic rings. The summed E-state index contributed by atoms with van der Waals surface area (Å²) in [6.45, 7) is 8.11. The van der Waals surface area contributed by atoms with E-state index in [2.05, 4.69) is 21.3 Å². The number of nitrogens with one attached hydrogen (secondary N) is 4. The molecule has 0 aliphatic carbocycles. The van der Waals surface area contributed by atoms with Gasteiger partial charge in [-0.3, -0.25) is 28.9 Å². The smallest absolute Gasteiger partial charge is 0.243 e. The van der Waals surface area contributed by atoms with Gasteiger partial charge in [0.15, 0.2) is 5.78 Å². The topological polar surface area (TPSA) is 158 Å². The Morgan fingerprint density at radius 3 is 1.98 bits per heavy atom. The molecule has 0 spiro atoms. The summed E-state index contributed by atoms with van der Waals surface area (Å²) < 4.78 is 10.6. The molecule has 0 unspecified atom stereocenters. The van der Waals surface area contributed by atoms with Crippen LogP contribution in [-0.2, 0) is 46.3 Å². The number of carbonyl (C=O) groups excluding carboxylic acids is 5. The second kappa shape index (κ2) is 17.9. The highest BCUT2D eigenvalue weighted by Gasteiger charge is 2.46. The van der Waals surface area contributed by atoms with E-state index in [1.54, 1.807) is 6.92 Å². The van der Waals surface area contributed by atoms with Gasteiger partial charge in [-0.05, 0) is 43.2 Å². The third-order valence-corrected chi connectivity index (χ3v) is 8.53. The molecule has 12 heteroatoms. The molecule has 2 saturated heterocycles. The number of Topliss-reactive ketones (excluding diaryl/α,β-unsaturated/α-hetero) is 1. The minimum atomic E-state index is -1.01. The number of ketones is 1. The summed E-state index contributed by atoms with van der Waals surface area (Å²) in [6.07, 6.45) is 1.36. The number of hydrogen-bond acceptors (Lipinski definition) is 8. The standard InChI is InChI=1S/C36H49N5O7/c1-25(2)20-29(35(46)40-30(21-27-12-8-5-9-13-27)33(44)37-22-31(42)36(3)24-48-36)39-34(45)28(15-14-26-10-6-4-7-11-26)38-32(43)23-41-16-18-47-19-17-41/h4-13,25,28-30H,14-24H2,1-3H3,(H,37,44)(H,38,43)(H,39,45)(H,40,46)/t28-,29-,30-,36+/m0/s1. The van der Waals surface area contributed by atoms with Gasteiger partial charge in [0, 0.05) is 19.5 Å². The molecule has 4 atom stereocenters. The van der Waals surface area contributed by atoms with Crippen LogP contribution >= 0.6 is 0 Å². The van der Waals surface area contributed by atoms with Crippen LogP contribution < -0.4 is 21.3 Å². The molecule has 2 aliphatic heterocycles. The molecule has 2 heterocycles. The zero-order valence-corrected chi connectivity index (χ0v) is 28.2. The first kappa shape index (κ1) is 36.7. The van der Waals surface area contributed by atoms with Crippen molar-refractivity contribution < 1.29 is 33.4 Å². The summed E-state index contributed by atoms with van der Waals surface area (Å²) >= 11 is 0. The van der Waals surface area contributed by atoms with Crippen LogP contribution in [0.1, 0.15) is 44.7 Å². The molecule has 48 heavy (non-hydrogen) atoms. The summed E-state index contributed by atoms with van der Waals surface area (Å²) in [5.74, 6) is -2.03. The molecule has 0 bridgehead atoms. The number of benzene rings is 2. The van der Waals surface area contributed by atoms with E-state index in [0.717, 1.165) is 11.1 Å². The van der Waals surface area contributed by atoms with Crippen LogP contribution in [0.25, 0.3) is 0 Å². The third-order valence-electron chi connectivity index (χ3n) is 8.53. The van der Waals surface area contributed by atoms with Crippen molar-refractivity contribution in [3.05, 3.63) is 71.8 Å². The molecular weight excluding hydrogens is 614 g/mol. The average Bonchev–Trinajstić information content (AvgIpc) is 3.84. The average molecular weight is 664 g/mol. The zero-order valence-electron chi connectivity index (χ0n) is 28.2. The first-order chi connectivity index (χ1) is 23.0. The van der Waals surface area contributed by atoms with Gasteiger partial charge in [0.25, 0.3) is 0 Å². The summed E-state index contributed by atoms with van der Waals surface area (Å²) in [5.41, 5.74) is 0.951.